The van der Waals surface area contributed by atoms with Gasteiger partial charge in [-0.25, -0.2) is 0 Å². The smallest absolute Gasteiger partial charge is 0.312 e. The molecule has 420 valence electrons. The fourth-order valence-corrected chi connectivity index (χ4v) is 21.3. The minimum Gasteiger partial charge on any atom is -0.511 e. The average molecular weight is 1060 g/mol. The van der Waals surface area contributed by atoms with Crippen molar-refractivity contribution in [3.05, 3.63) is 46.0 Å². The number of carbonyl (C=O) groups excluding carboxylic acids is 5. The Morgan fingerprint density at radius 2 is 0.935 bits per heavy atom. The zero-order chi connectivity index (χ0) is 57.1. The number of nitriles is 2. The summed E-state index contributed by atoms with van der Waals surface area (Å²) in [6.45, 7) is 32.5. The number of hydrogen-bond donors (Lipinski definition) is 1. The molecule has 6 saturated carbocycles. The van der Waals surface area contributed by atoms with Gasteiger partial charge in [-0.2, -0.15) is 10.5 Å². The Labute approximate surface area is 460 Å². The van der Waals surface area contributed by atoms with Crippen LogP contribution in [0.2, 0.25) is 0 Å². The van der Waals surface area contributed by atoms with Crippen LogP contribution in [0.15, 0.2) is 46.0 Å². The Balaban J connectivity index is 0.000000188. The first kappa shape index (κ1) is 57.2. The Morgan fingerprint density at radius 1 is 0.558 bits per heavy atom. The summed E-state index contributed by atoms with van der Waals surface area (Å²) >= 11 is 0. The van der Waals surface area contributed by atoms with Crippen molar-refractivity contribution in [1.82, 2.24) is 0 Å². The van der Waals surface area contributed by atoms with Crippen molar-refractivity contribution in [2.75, 3.05) is 14.2 Å². The van der Waals surface area contributed by atoms with Gasteiger partial charge < -0.3 is 19.3 Å². The molecule has 6 fully saturated rings. The summed E-state index contributed by atoms with van der Waals surface area (Å²) in [6, 6.07) is 4.66. The number of methoxy groups -OCH3 is 2. The molecule has 11 heteroatoms. The van der Waals surface area contributed by atoms with Crippen LogP contribution in [-0.4, -0.2) is 48.8 Å². The van der Waals surface area contributed by atoms with E-state index in [9.17, 15) is 39.6 Å². The molecule has 0 saturated heterocycles. The van der Waals surface area contributed by atoms with Gasteiger partial charge in [0.15, 0.2) is 11.6 Å². The van der Waals surface area contributed by atoms with Crippen LogP contribution < -0.4 is 0 Å². The number of aliphatic hydroxyl groups is 1. The van der Waals surface area contributed by atoms with Gasteiger partial charge >= 0.3 is 17.9 Å². The van der Waals surface area contributed by atoms with Crippen LogP contribution in [-0.2, 0) is 38.2 Å². The molecule has 0 heterocycles. The van der Waals surface area contributed by atoms with Crippen molar-refractivity contribution in [2.24, 2.45) is 100 Å². The van der Waals surface area contributed by atoms with E-state index in [4.69, 9.17) is 14.2 Å². The summed E-state index contributed by atoms with van der Waals surface area (Å²) < 4.78 is 16.6. The highest BCUT2D eigenvalue weighted by Gasteiger charge is 2.73. The molecule has 0 bridgehead atoms. The molecule has 0 radical (unpaired) electrons. The molecular weight excluding hydrogens is 965 g/mol. The number of allylic oxidation sites excluding steroid dienone is 8. The van der Waals surface area contributed by atoms with Crippen molar-refractivity contribution in [2.45, 2.75) is 207 Å². The molecule has 77 heavy (non-hydrogen) atoms. The second kappa shape index (κ2) is 17.7. The first-order valence-electron chi connectivity index (χ1n) is 29.3. The Kier molecular flexibility index (Phi) is 13.2. The van der Waals surface area contributed by atoms with Crippen LogP contribution in [0.1, 0.15) is 207 Å². The third-order valence-electron chi connectivity index (χ3n) is 25.6. The zero-order valence-electron chi connectivity index (χ0n) is 50.0. The van der Waals surface area contributed by atoms with Crippen LogP contribution in [0.5, 0.6) is 0 Å². The maximum Gasteiger partial charge on any atom is 0.312 e. The Bertz CT molecular complexity index is 2830. The first-order valence-corrected chi connectivity index (χ1v) is 29.3. The molecule has 10 aliphatic rings. The number of fused-ring (bicyclic) bond motifs is 14. The maximum absolute atomic E-state index is 14.5. The number of aliphatic hydroxyl groups excluding tert-OH is 1. The van der Waals surface area contributed by atoms with Crippen LogP contribution >= 0.6 is 0 Å². The van der Waals surface area contributed by atoms with Gasteiger partial charge in [0.05, 0.1) is 48.3 Å². The van der Waals surface area contributed by atoms with Crippen LogP contribution in [0.25, 0.3) is 0 Å². The number of rotatable bonds is 3. The minimum atomic E-state index is -0.602. The van der Waals surface area contributed by atoms with E-state index in [-0.39, 0.29) is 103 Å². The fourth-order valence-electron chi connectivity index (χ4n) is 21.3. The maximum atomic E-state index is 14.5. The lowest BCUT2D eigenvalue weighted by Crippen LogP contribution is -2.65. The van der Waals surface area contributed by atoms with Crippen LogP contribution in [0, 0.1) is 123 Å². The number of nitrogens with zero attached hydrogens (tertiary/aromatic N) is 2. The topological polar surface area (TPSA) is 181 Å². The van der Waals surface area contributed by atoms with Gasteiger partial charge in [-0.1, -0.05) is 108 Å². The van der Waals surface area contributed by atoms with Crippen LogP contribution in [0.3, 0.4) is 0 Å². The standard InChI is InChI=1S/C34H47NO5.C32H45NO4/c1-20(36)40-27-21(19-35)17-31(6)24(30(27,4)5)10-11-32(7)25(31)16-23(37)26-22-18-29(2,3)12-14-34(22,28(38)39-9)15-13-33(26,32)8;1-27(2)11-13-32(26(36)37-8)14-12-31(7)24(20(32)17-27)21(34)15-23-29(5)16-19(18-33)25(35)28(3,4)22(29)9-10-30(23,31)6/h16,22,24,26H,10-15,17-18H2,1-9H3;15,20,22,24,35H,9-14,16-17H2,1-8H3/t22-,24?,26-,31-,32+,33+,34-;20-,22?,24-,29-,30+,31+,32-/m00/s1. The van der Waals surface area contributed by atoms with Gasteiger partial charge in [-0.05, 0) is 182 Å². The number of hydrogen-bond acceptors (Lipinski definition) is 11. The van der Waals surface area contributed by atoms with E-state index in [1.54, 1.807) is 0 Å². The van der Waals surface area contributed by atoms with Gasteiger partial charge in [0.2, 0.25) is 0 Å². The molecule has 10 aliphatic carbocycles. The highest BCUT2D eigenvalue weighted by Crippen LogP contribution is 2.78. The van der Waals surface area contributed by atoms with Gasteiger partial charge in [-0.3, -0.25) is 24.0 Å². The molecule has 0 aromatic carbocycles. The molecule has 14 atom stereocenters. The number of esters is 3. The molecule has 0 amide bonds. The van der Waals surface area contributed by atoms with Gasteiger partial charge in [0.1, 0.15) is 11.5 Å². The van der Waals surface area contributed by atoms with Crippen molar-refractivity contribution in [1.29, 1.82) is 10.5 Å². The summed E-state index contributed by atoms with van der Waals surface area (Å²) in [5.41, 5.74) is -0.676. The van der Waals surface area contributed by atoms with Gasteiger partial charge in [0.25, 0.3) is 0 Å². The lowest BCUT2D eigenvalue weighted by molar-refractivity contribution is -0.193. The minimum absolute atomic E-state index is 0.0310. The second-order valence-corrected chi connectivity index (χ2v) is 30.9. The molecule has 0 aromatic heterocycles. The summed E-state index contributed by atoms with van der Waals surface area (Å²) in [5.74, 6) is 0.0397. The molecular formula is C66H92N2O9. The summed E-state index contributed by atoms with van der Waals surface area (Å²) in [7, 11) is 2.98. The molecule has 0 aliphatic heterocycles. The quantitative estimate of drug-likeness (QED) is 0.210. The number of carbonyl (C=O) groups is 5. The fraction of sp³-hybridized carbons (Fsp3) is 0.773. The summed E-state index contributed by atoms with van der Waals surface area (Å²) in [6.07, 6.45) is 16.8. The summed E-state index contributed by atoms with van der Waals surface area (Å²) in [5, 5.41) is 31.2. The van der Waals surface area contributed by atoms with E-state index >= 15 is 0 Å². The number of ketones is 2. The van der Waals surface area contributed by atoms with Crippen molar-refractivity contribution in [3.8, 4) is 12.1 Å². The van der Waals surface area contributed by atoms with E-state index in [1.165, 1.54) is 26.7 Å². The van der Waals surface area contributed by atoms with Crippen molar-refractivity contribution in [3.63, 3.8) is 0 Å². The third-order valence-corrected chi connectivity index (χ3v) is 25.6. The first-order chi connectivity index (χ1) is 35.5. The molecule has 1 N–H and O–H groups in total. The van der Waals surface area contributed by atoms with Gasteiger partial charge in [0, 0.05) is 29.6 Å². The predicted molar refractivity (Wildman–Crippen MR) is 293 cm³/mol. The normalized spacial score (nSPS) is 44.5. The van der Waals surface area contributed by atoms with Crippen molar-refractivity contribution < 1.29 is 43.3 Å². The Hall–Kier alpha value is -4.51. The lowest BCUT2D eigenvalue weighted by atomic mass is 9.34. The van der Waals surface area contributed by atoms with E-state index in [2.05, 4.69) is 109 Å². The second-order valence-electron chi connectivity index (χ2n) is 30.9. The highest BCUT2D eigenvalue weighted by molar-refractivity contribution is 5.97. The SMILES string of the molecule is COC(=O)[C@]12CCC(C)(C)C[C@H]1[C@H]1C(=O)C=C3[C@@]4(C)CC(C#N)=C(O)C(C)(C)C4CC[C@@]3(C)[C@]1(C)CC2.COC(=O)[C@]12CCC(C)(C)C[C@H]1[C@H]1C(=O)C=C3[C@@]4(C)CC(C#N)=C(OC(C)=O)C(C)(C)C4CC[C@@]3(C)[C@]1(C)CC2. The Morgan fingerprint density at radius 3 is 1.31 bits per heavy atom. The molecule has 0 spiro atoms. The van der Waals surface area contributed by atoms with Crippen LogP contribution in [0.4, 0.5) is 0 Å². The van der Waals surface area contributed by atoms with Gasteiger partial charge in [-0.15, -0.1) is 0 Å². The average Bonchev–Trinajstić information content (AvgIpc) is 3.45. The third kappa shape index (κ3) is 7.57. The molecule has 11 nitrogen and oxygen atoms in total. The zero-order valence-corrected chi connectivity index (χ0v) is 50.0. The van der Waals surface area contributed by atoms with E-state index in [1.807, 2.05) is 12.2 Å². The lowest BCUT2D eigenvalue weighted by Gasteiger charge is -2.69. The monoisotopic (exact) mass is 1060 g/mol. The number of ether oxygens (including phenoxy) is 3. The summed E-state index contributed by atoms with van der Waals surface area (Å²) in [4.78, 5) is 67.8. The van der Waals surface area contributed by atoms with E-state index in [0.29, 0.717) is 29.7 Å². The highest BCUT2D eigenvalue weighted by atomic mass is 16.5. The molecule has 2 unspecified atom stereocenters. The van der Waals surface area contributed by atoms with E-state index in [0.717, 1.165) is 95.5 Å². The largest absolute Gasteiger partial charge is 0.511 e. The van der Waals surface area contributed by atoms with E-state index < -0.39 is 33.0 Å². The molecule has 10 rings (SSSR count). The molecule has 0 aromatic rings. The predicted octanol–water partition coefficient (Wildman–Crippen LogP) is 14.2. The van der Waals surface area contributed by atoms with Crippen molar-refractivity contribution >= 4 is 29.5 Å².